The Labute approximate surface area is 115 Å². The normalized spacial score (nSPS) is 21.6. The van der Waals surface area contributed by atoms with Crippen molar-refractivity contribution in [2.75, 3.05) is 12.4 Å². The molecule has 7 nitrogen and oxygen atoms in total. The van der Waals surface area contributed by atoms with Gasteiger partial charge < -0.3 is 15.2 Å². The number of hydrogen-bond acceptors (Lipinski definition) is 5. The van der Waals surface area contributed by atoms with Crippen LogP contribution in [-0.4, -0.2) is 35.3 Å². The van der Waals surface area contributed by atoms with E-state index < -0.39 is 16.6 Å². The minimum atomic E-state index is -1.31. The van der Waals surface area contributed by atoms with Crippen molar-refractivity contribution in [2.24, 2.45) is 0 Å². The quantitative estimate of drug-likeness (QED) is 0.633. The molecule has 0 aliphatic heterocycles. The Bertz CT molecular complexity index is 531. The van der Waals surface area contributed by atoms with Gasteiger partial charge in [-0.3, -0.25) is 10.1 Å². The Morgan fingerprint density at radius 3 is 2.85 bits per heavy atom. The standard InChI is InChI=1S/C13H16N2O5/c1-20-12-4-2-3-10(12)14-8-5-6-11(15(18)19)9(7-8)13(16)17/h5-7,10,12,14H,2-4H2,1H3,(H,16,17). The number of carbonyl (C=O) groups is 1. The van der Waals surface area contributed by atoms with Crippen LogP contribution in [0.5, 0.6) is 0 Å². The van der Waals surface area contributed by atoms with E-state index in [9.17, 15) is 14.9 Å². The molecule has 2 unspecified atom stereocenters. The number of rotatable bonds is 5. The van der Waals surface area contributed by atoms with Crippen molar-refractivity contribution in [3.63, 3.8) is 0 Å². The summed E-state index contributed by atoms with van der Waals surface area (Å²) >= 11 is 0. The van der Waals surface area contributed by atoms with Gasteiger partial charge in [-0.15, -0.1) is 0 Å². The summed E-state index contributed by atoms with van der Waals surface area (Å²) in [6.45, 7) is 0. The van der Waals surface area contributed by atoms with E-state index in [1.165, 1.54) is 18.2 Å². The molecule has 108 valence electrons. The zero-order valence-electron chi connectivity index (χ0n) is 11.0. The van der Waals surface area contributed by atoms with Gasteiger partial charge in [0.15, 0.2) is 0 Å². The monoisotopic (exact) mass is 280 g/mol. The van der Waals surface area contributed by atoms with Gasteiger partial charge in [0.2, 0.25) is 0 Å². The van der Waals surface area contributed by atoms with E-state index in [4.69, 9.17) is 9.84 Å². The maximum absolute atomic E-state index is 11.1. The molecule has 0 amide bonds. The van der Waals surface area contributed by atoms with Crippen molar-refractivity contribution in [3.05, 3.63) is 33.9 Å². The van der Waals surface area contributed by atoms with Gasteiger partial charge in [0.25, 0.3) is 5.69 Å². The fraction of sp³-hybridized carbons (Fsp3) is 0.462. The number of nitrogens with one attached hydrogen (secondary N) is 1. The zero-order valence-corrected chi connectivity index (χ0v) is 11.0. The Hall–Kier alpha value is -2.15. The smallest absolute Gasteiger partial charge is 0.342 e. The summed E-state index contributed by atoms with van der Waals surface area (Å²) in [7, 11) is 1.64. The highest BCUT2D eigenvalue weighted by Gasteiger charge is 2.28. The lowest BCUT2D eigenvalue weighted by Crippen LogP contribution is -2.29. The van der Waals surface area contributed by atoms with Crippen LogP contribution in [0.1, 0.15) is 29.6 Å². The highest BCUT2D eigenvalue weighted by atomic mass is 16.6. The third-order valence-corrected chi connectivity index (χ3v) is 3.53. The van der Waals surface area contributed by atoms with Gasteiger partial charge in [-0.25, -0.2) is 4.79 Å². The van der Waals surface area contributed by atoms with Crippen molar-refractivity contribution in [2.45, 2.75) is 31.4 Å². The van der Waals surface area contributed by atoms with Crippen LogP contribution < -0.4 is 5.32 Å². The lowest BCUT2D eigenvalue weighted by Gasteiger charge is -2.20. The molecule has 1 fully saturated rings. The molecule has 1 aromatic carbocycles. The highest BCUT2D eigenvalue weighted by Crippen LogP contribution is 2.28. The summed E-state index contributed by atoms with van der Waals surface area (Å²) in [5.41, 5.74) is -0.160. The minimum Gasteiger partial charge on any atom is -0.477 e. The molecule has 7 heteroatoms. The summed E-state index contributed by atoms with van der Waals surface area (Å²) in [5, 5.41) is 23.0. The molecule has 20 heavy (non-hydrogen) atoms. The third kappa shape index (κ3) is 2.88. The maximum atomic E-state index is 11.1. The van der Waals surface area contributed by atoms with Gasteiger partial charge in [0, 0.05) is 18.9 Å². The Morgan fingerprint density at radius 2 is 2.25 bits per heavy atom. The topological polar surface area (TPSA) is 102 Å². The summed E-state index contributed by atoms with van der Waals surface area (Å²) in [6.07, 6.45) is 3.00. The average molecular weight is 280 g/mol. The van der Waals surface area contributed by atoms with Crippen molar-refractivity contribution in [1.29, 1.82) is 0 Å². The van der Waals surface area contributed by atoms with Crippen molar-refractivity contribution < 1.29 is 19.6 Å². The number of benzene rings is 1. The number of methoxy groups -OCH3 is 1. The first-order valence-electron chi connectivity index (χ1n) is 6.34. The summed E-state index contributed by atoms with van der Waals surface area (Å²) < 4.78 is 5.35. The summed E-state index contributed by atoms with van der Waals surface area (Å²) in [5.74, 6) is -1.31. The molecule has 0 spiro atoms. The van der Waals surface area contributed by atoms with E-state index in [-0.39, 0.29) is 17.7 Å². The van der Waals surface area contributed by atoms with Crippen molar-refractivity contribution in [3.8, 4) is 0 Å². The van der Waals surface area contributed by atoms with Gasteiger partial charge in [0.05, 0.1) is 17.1 Å². The van der Waals surface area contributed by atoms with Crippen LogP contribution >= 0.6 is 0 Å². The molecule has 0 aromatic heterocycles. The van der Waals surface area contributed by atoms with Gasteiger partial charge >= 0.3 is 5.97 Å². The minimum absolute atomic E-state index is 0.0819. The number of aromatic carboxylic acids is 1. The number of carboxylic acids is 1. The fourth-order valence-electron chi connectivity index (χ4n) is 2.54. The predicted octanol–water partition coefficient (Wildman–Crippen LogP) is 2.27. The number of nitro benzene ring substituents is 1. The first kappa shape index (κ1) is 14.3. The van der Waals surface area contributed by atoms with E-state index >= 15 is 0 Å². The number of carboxylic acid groups (broad SMARTS) is 1. The van der Waals surface area contributed by atoms with E-state index in [0.29, 0.717) is 5.69 Å². The molecule has 0 heterocycles. The molecular weight excluding hydrogens is 264 g/mol. The first-order valence-corrected chi connectivity index (χ1v) is 6.34. The number of hydrogen-bond donors (Lipinski definition) is 2. The second-order valence-electron chi connectivity index (χ2n) is 4.75. The second-order valence-corrected chi connectivity index (χ2v) is 4.75. The Morgan fingerprint density at radius 1 is 1.50 bits per heavy atom. The number of nitrogens with zero attached hydrogens (tertiary/aromatic N) is 1. The van der Waals surface area contributed by atoms with E-state index in [1.807, 2.05) is 0 Å². The molecule has 1 saturated carbocycles. The molecule has 2 rings (SSSR count). The number of ether oxygens (including phenoxy) is 1. The van der Waals surface area contributed by atoms with E-state index in [1.54, 1.807) is 7.11 Å². The van der Waals surface area contributed by atoms with Crippen LogP contribution in [0.3, 0.4) is 0 Å². The van der Waals surface area contributed by atoms with E-state index in [2.05, 4.69) is 5.32 Å². The van der Waals surface area contributed by atoms with Crippen LogP contribution in [0, 0.1) is 10.1 Å². The first-order chi connectivity index (χ1) is 9.52. The van der Waals surface area contributed by atoms with Crippen LogP contribution in [0.15, 0.2) is 18.2 Å². The fourth-order valence-corrected chi connectivity index (χ4v) is 2.54. The summed E-state index contributed by atoms with van der Waals surface area (Å²) in [6, 6.07) is 4.13. The average Bonchev–Trinajstić information content (AvgIpc) is 2.85. The molecule has 1 aliphatic rings. The molecule has 2 atom stereocenters. The lowest BCUT2D eigenvalue weighted by molar-refractivity contribution is -0.385. The Kier molecular flexibility index (Phi) is 4.19. The molecule has 0 bridgehead atoms. The molecule has 0 saturated heterocycles. The zero-order chi connectivity index (χ0) is 14.7. The summed E-state index contributed by atoms with van der Waals surface area (Å²) in [4.78, 5) is 21.2. The number of nitro groups is 1. The highest BCUT2D eigenvalue weighted by molar-refractivity contribution is 5.93. The van der Waals surface area contributed by atoms with Gasteiger partial charge in [-0.1, -0.05) is 0 Å². The van der Waals surface area contributed by atoms with Crippen LogP contribution in [0.25, 0.3) is 0 Å². The molecule has 1 aliphatic carbocycles. The van der Waals surface area contributed by atoms with Crippen LogP contribution in [-0.2, 0) is 4.74 Å². The van der Waals surface area contributed by atoms with Crippen molar-refractivity contribution >= 4 is 17.3 Å². The SMILES string of the molecule is COC1CCCC1Nc1ccc([N+](=O)[O-])c(C(=O)O)c1. The van der Waals surface area contributed by atoms with Gasteiger partial charge in [-0.05, 0) is 31.4 Å². The van der Waals surface area contributed by atoms with Crippen LogP contribution in [0.2, 0.25) is 0 Å². The largest absolute Gasteiger partial charge is 0.477 e. The van der Waals surface area contributed by atoms with E-state index in [0.717, 1.165) is 19.3 Å². The van der Waals surface area contributed by atoms with Gasteiger partial charge in [0.1, 0.15) is 5.56 Å². The molecule has 2 N–H and O–H groups in total. The molecule has 1 aromatic rings. The van der Waals surface area contributed by atoms with Crippen LogP contribution in [0.4, 0.5) is 11.4 Å². The predicted molar refractivity (Wildman–Crippen MR) is 72.1 cm³/mol. The second kappa shape index (κ2) is 5.87. The lowest BCUT2D eigenvalue weighted by atomic mass is 10.1. The molecule has 0 radical (unpaired) electrons. The Balaban J connectivity index is 2.23. The van der Waals surface area contributed by atoms with Crippen molar-refractivity contribution in [1.82, 2.24) is 0 Å². The molecular formula is C13H16N2O5. The third-order valence-electron chi connectivity index (χ3n) is 3.53. The maximum Gasteiger partial charge on any atom is 0.342 e. The van der Waals surface area contributed by atoms with Gasteiger partial charge in [-0.2, -0.15) is 0 Å². The number of anilines is 1.